The van der Waals surface area contributed by atoms with Crippen LogP contribution in [0.3, 0.4) is 0 Å². The summed E-state index contributed by atoms with van der Waals surface area (Å²) in [5, 5.41) is 14.1. The van der Waals surface area contributed by atoms with Gasteiger partial charge in [-0.15, -0.1) is 0 Å². The first-order chi connectivity index (χ1) is 11.6. The minimum atomic E-state index is -0.604. The summed E-state index contributed by atoms with van der Waals surface area (Å²) in [6.45, 7) is 4.17. The molecule has 4 nitrogen and oxygen atoms in total. The molecule has 24 heavy (non-hydrogen) atoms. The zero-order valence-corrected chi connectivity index (χ0v) is 14.8. The van der Waals surface area contributed by atoms with E-state index in [1.807, 2.05) is 6.07 Å². The molecule has 4 heteroatoms. The van der Waals surface area contributed by atoms with Crippen LogP contribution >= 0.6 is 0 Å². The van der Waals surface area contributed by atoms with Crippen LogP contribution in [0.15, 0.2) is 24.0 Å². The third kappa shape index (κ3) is 2.63. The second-order valence-electron chi connectivity index (χ2n) is 6.85. The molecule has 130 valence electrons. The van der Waals surface area contributed by atoms with Gasteiger partial charge in [-0.1, -0.05) is 32.0 Å². The Labute approximate surface area is 143 Å². The van der Waals surface area contributed by atoms with E-state index in [2.05, 4.69) is 31.3 Å². The van der Waals surface area contributed by atoms with Crippen molar-refractivity contribution in [2.24, 2.45) is 0 Å². The highest BCUT2D eigenvalue weighted by atomic mass is 16.5. The van der Waals surface area contributed by atoms with E-state index in [1.54, 1.807) is 7.11 Å². The number of benzene rings is 1. The van der Waals surface area contributed by atoms with Gasteiger partial charge in [0.15, 0.2) is 0 Å². The number of ether oxygens (including phenoxy) is 1. The standard InChI is InChI=1S/C20H27NO3/c1-4-13-7-6-8-14(5-2)16(13)17-18(22)20(21-19(17)23)11-9-15(24-3)10-12-20/h6-8,15,22H,4-5,9-12H2,1-3H3,(H,21,23)/t15-,20+. The van der Waals surface area contributed by atoms with Gasteiger partial charge < -0.3 is 15.2 Å². The van der Waals surface area contributed by atoms with Crippen LogP contribution in [0.25, 0.3) is 5.57 Å². The Hall–Kier alpha value is -1.81. The zero-order valence-electron chi connectivity index (χ0n) is 14.8. The van der Waals surface area contributed by atoms with Crippen LogP contribution in [0.1, 0.15) is 56.2 Å². The summed E-state index contributed by atoms with van der Waals surface area (Å²) in [6.07, 6.45) is 5.05. The topological polar surface area (TPSA) is 58.6 Å². The van der Waals surface area contributed by atoms with Gasteiger partial charge >= 0.3 is 0 Å². The highest BCUT2D eigenvalue weighted by Crippen LogP contribution is 2.43. The summed E-state index contributed by atoms with van der Waals surface area (Å²) in [7, 11) is 1.72. The lowest BCUT2D eigenvalue weighted by Gasteiger charge is -2.36. The Morgan fingerprint density at radius 2 is 1.79 bits per heavy atom. The molecule has 0 saturated heterocycles. The van der Waals surface area contributed by atoms with Crippen molar-refractivity contribution in [3.05, 3.63) is 40.6 Å². The number of aryl methyl sites for hydroxylation is 2. The number of nitrogens with one attached hydrogen (secondary N) is 1. The van der Waals surface area contributed by atoms with E-state index in [0.29, 0.717) is 5.57 Å². The predicted octanol–water partition coefficient (Wildman–Crippen LogP) is 3.54. The second-order valence-corrected chi connectivity index (χ2v) is 6.85. The average Bonchev–Trinajstić information content (AvgIpc) is 2.84. The lowest BCUT2D eigenvalue weighted by atomic mass is 9.78. The summed E-state index contributed by atoms with van der Waals surface area (Å²) in [6, 6.07) is 6.13. The Balaban J connectivity index is 2.07. The maximum Gasteiger partial charge on any atom is 0.256 e. The lowest BCUT2D eigenvalue weighted by molar-refractivity contribution is -0.116. The summed E-state index contributed by atoms with van der Waals surface area (Å²) < 4.78 is 5.43. The molecule has 0 atom stereocenters. The molecule has 1 aliphatic carbocycles. The number of carbonyl (C=O) groups excluding carboxylic acids is 1. The maximum absolute atomic E-state index is 12.8. The van der Waals surface area contributed by atoms with Crippen molar-refractivity contribution in [3.63, 3.8) is 0 Å². The van der Waals surface area contributed by atoms with Crippen molar-refractivity contribution in [1.29, 1.82) is 0 Å². The van der Waals surface area contributed by atoms with Gasteiger partial charge in [0.05, 0.1) is 17.2 Å². The van der Waals surface area contributed by atoms with Gasteiger partial charge in [-0.25, -0.2) is 0 Å². The van der Waals surface area contributed by atoms with Gasteiger partial charge in [0.1, 0.15) is 5.76 Å². The number of carbonyl (C=O) groups is 1. The van der Waals surface area contributed by atoms with E-state index in [4.69, 9.17) is 4.74 Å². The molecule has 0 unspecified atom stereocenters. The quantitative estimate of drug-likeness (QED) is 0.888. The van der Waals surface area contributed by atoms with Crippen LogP contribution in [0, 0.1) is 0 Å². The Morgan fingerprint density at radius 3 is 2.29 bits per heavy atom. The molecule has 0 bridgehead atoms. The molecule has 1 amide bonds. The third-order valence-electron chi connectivity index (χ3n) is 5.64. The van der Waals surface area contributed by atoms with Crippen molar-refractivity contribution in [1.82, 2.24) is 5.32 Å². The smallest absolute Gasteiger partial charge is 0.256 e. The fraction of sp³-hybridized carbons (Fsp3) is 0.550. The number of methoxy groups -OCH3 is 1. The van der Waals surface area contributed by atoms with Crippen molar-refractivity contribution in [3.8, 4) is 0 Å². The average molecular weight is 329 g/mol. The first-order valence-corrected chi connectivity index (χ1v) is 8.96. The molecular formula is C20H27NO3. The number of hydrogen-bond donors (Lipinski definition) is 2. The van der Waals surface area contributed by atoms with E-state index in [9.17, 15) is 9.90 Å². The molecule has 1 heterocycles. The molecule has 1 aromatic carbocycles. The summed E-state index contributed by atoms with van der Waals surface area (Å²) >= 11 is 0. The van der Waals surface area contributed by atoms with Gasteiger partial charge in [0, 0.05) is 7.11 Å². The van der Waals surface area contributed by atoms with Gasteiger partial charge in [-0.05, 0) is 55.2 Å². The molecule has 1 aliphatic heterocycles. The zero-order chi connectivity index (χ0) is 17.3. The van der Waals surface area contributed by atoms with Crippen LogP contribution in [0.5, 0.6) is 0 Å². The predicted molar refractivity (Wildman–Crippen MR) is 94.9 cm³/mol. The molecule has 0 radical (unpaired) electrons. The molecule has 0 aromatic heterocycles. The maximum atomic E-state index is 12.8. The molecule has 1 aromatic rings. The van der Waals surface area contributed by atoms with E-state index >= 15 is 0 Å². The fourth-order valence-corrected chi connectivity index (χ4v) is 4.16. The first-order valence-electron chi connectivity index (χ1n) is 8.96. The molecule has 2 aliphatic rings. The van der Waals surface area contributed by atoms with E-state index in [0.717, 1.165) is 55.2 Å². The number of aliphatic hydroxyl groups is 1. The highest BCUT2D eigenvalue weighted by Gasteiger charge is 2.48. The lowest BCUT2D eigenvalue weighted by Crippen LogP contribution is -2.48. The Morgan fingerprint density at radius 1 is 1.21 bits per heavy atom. The molecule has 3 rings (SSSR count). The number of aliphatic hydroxyl groups excluding tert-OH is 1. The van der Waals surface area contributed by atoms with Gasteiger partial charge in [-0.3, -0.25) is 4.79 Å². The summed E-state index contributed by atoms with van der Waals surface area (Å²) in [5.41, 5.74) is 3.05. The Kier molecular flexibility index (Phi) is 4.68. The van der Waals surface area contributed by atoms with Crippen LogP contribution in [0.4, 0.5) is 0 Å². The van der Waals surface area contributed by atoms with Crippen LogP contribution in [-0.4, -0.2) is 29.8 Å². The minimum absolute atomic E-state index is 0.140. The monoisotopic (exact) mass is 329 g/mol. The molecule has 1 saturated carbocycles. The molecular weight excluding hydrogens is 302 g/mol. The van der Waals surface area contributed by atoms with E-state index in [1.165, 1.54) is 0 Å². The van der Waals surface area contributed by atoms with Gasteiger partial charge in [0.2, 0.25) is 0 Å². The highest BCUT2D eigenvalue weighted by molar-refractivity contribution is 6.24. The Bertz CT molecular complexity index is 647. The third-order valence-corrected chi connectivity index (χ3v) is 5.64. The second kappa shape index (κ2) is 6.60. The van der Waals surface area contributed by atoms with Crippen molar-refractivity contribution in [2.45, 2.75) is 64.0 Å². The molecule has 1 fully saturated rings. The van der Waals surface area contributed by atoms with Crippen LogP contribution < -0.4 is 5.32 Å². The van der Waals surface area contributed by atoms with Crippen molar-refractivity contribution in [2.75, 3.05) is 7.11 Å². The number of rotatable bonds is 4. The summed E-state index contributed by atoms with van der Waals surface area (Å²) in [5.74, 6) is 0.0941. The van der Waals surface area contributed by atoms with Crippen LogP contribution in [0.2, 0.25) is 0 Å². The first kappa shape index (κ1) is 17.0. The summed E-state index contributed by atoms with van der Waals surface area (Å²) in [4.78, 5) is 12.8. The molecule has 1 spiro atoms. The number of amides is 1. The van der Waals surface area contributed by atoms with Crippen molar-refractivity contribution < 1.29 is 14.6 Å². The fourth-order valence-electron chi connectivity index (χ4n) is 4.16. The largest absolute Gasteiger partial charge is 0.509 e. The van der Waals surface area contributed by atoms with Gasteiger partial charge in [0.25, 0.3) is 5.91 Å². The minimum Gasteiger partial charge on any atom is -0.509 e. The van der Waals surface area contributed by atoms with E-state index < -0.39 is 5.54 Å². The normalized spacial score (nSPS) is 27.0. The van der Waals surface area contributed by atoms with E-state index in [-0.39, 0.29) is 17.8 Å². The number of hydrogen-bond acceptors (Lipinski definition) is 3. The van der Waals surface area contributed by atoms with Crippen LogP contribution in [-0.2, 0) is 22.4 Å². The van der Waals surface area contributed by atoms with Gasteiger partial charge in [-0.2, -0.15) is 0 Å². The molecule has 2 N–H and O–H groups in total. The van der Waals surface area contributed by atoms with Crippen molar-refractivity contribution >= 4 is 11.5 Å². The SMILES string of the molecule is CCc1cccc(CC)c1C1=C(O)[C@]2(CC[C@H](OC)CC2)NC1=O.